The van der Waals surface area contributed by atoms with Crippen LogP contribution in [0.25, 0.3) is 0 Å². The first kappa shape index (κ1) is 19.8. The maximum atomic E-state index is 12.2. The fraction of sp³-hybridized carbons (Fsp3) is 0.278. The fourth-order valence-corrected chi connectivity index (χ4v) is 4.18. The summed E-state index contributed by atoms with van der Waals surface area (Å²) in [5.74, 6) is -0.116. The van der Waals surface area contributed by atoms with Crippen molar-refractivity contribution in [3.8, 4) is 11.5 Å². The number of carbonyl (C=O) groups excluding carboxylic acids is 1. The van der Waals surface area contributed by atoms with E-state index in [1.807, 2.05) is 0 Å². The molecule has 6 nitrogen and oxygen atoms in total. The standard InChI is InChI=1S/C18H17Cl2NO5S/c19-13-1-3-14(4-2-13)27(23,24)11-17(22)21-6-5-12-9-15(20)18-16(10-12)25-7-8-26-18/h1-4,9-10H,5-8,11H2,(H,21,22). The molecule has 0 saturated carbocycles. The molecule has 0 unspecified atom stereocenters. The van der Waals surface area contributed by atoms with Crippen molar-refractivity contribution < 1.29 is 22.7 Å². The van der Waals surface area contributed by atoms with Crippen molar-refractivity contribution in [3.63, 3.8) is 0 Å². The Morgan fingerprint density at radius 1 is 1.07 bits per heavy atom. The summed E-state index contributed by atoms with van der Waals surface area (Å²) >= 11 is 11.9. The second kappa shape index (κ2) is 8.37. The number of halogens is 2. The van der Waals surface area contributed by atoms with Gasteiger partial charge in [-0.05, 0) is 48.4 Å². The summed E-state index contributed by atoms with van der Waals surface area (Å²) in [4.78, 5) is 12.1. The van der Waals surface area contributed by atoms with Gasteiger partial charge in [0.1, 0.15) is 19.0 Å². The second-order valence-corrected chi connectivity index (χ2v) is 8.75. The minimum Gasteiger partial charge on any atom is -0.486 e. The highest BCUT2D eigenvalue weighted by Gasteiger charge is 2.20. The van der Waals surface area contributed by atoms with Crippen LogP contribution in [-0.2, 0) is 21.1 Å². The smallest absolute Gasteiger partial charge is 0.235 e. The Bertz CT molecular complexity index is 945. The average Bonchev–Trinajstić information content (AvgIpc) is 2.62. The lowest BCUT2D eigenvalue weighted by atomic mass is 10.1. The predicted octanol–water partition coefficient (Wildman–Crippen LogP) is 2.90. The lowest BCUT2D eigenvalue weighted by Crippen LogP contribution is -2.31. The summed E-state index contributed by atoms with van der Waals surface area (Å²) in [6.45, 7) is 1.17. The summed E-state index contributed by atoms with van der Waals surface area (Å²) < 4.78 is 35.4. The van der Waals surface area contributed by atoms with Gasteiger partial charge in [-0.25, -0.2) is 8.42 Å². The molecule has 1 aliphatic heterocycles. The van der Waals surface area contributed by atoms with E-state index in [4.69, 9.17) is 32.7 Å². The number of ether oxygens (including phenoxy) is 2. The fourth-order valence-electron chi connectivity index (χ4n) is 2.60. The van der Waals surface area contributed by atoms with Crippen molar-refractivity contribution in [2.24, 2.45) is 0 Å². The zero-order valence-electron chi connectivity index (χ0n) is 14.2. The predicted molar refractivity (Wildman–Crippen MR) is 103 cm³/mol. The van der Waals surface area contributed by atoms with E-state index < -0.39 is 21.5 Å². The van der Waals surface area contributed by atoms with Gasteiger partial charge in [0.05, 0.1) is 9.92 Å². The van der Waals surface area contributed by atoms with E-state index in [1.54, 1.807) is 12.1 Å². The third-order valence-electron chi connectivity index (χ3n) is 3.89. The first-order valence-electron chi connectivity index (χ1n) is 8.18. The Balaban J connectivity index is 1.55. The molecule has 2 aromatic carbocycles. The maximum absolute atomic E-state index is 12.2. The highest BCUT2D eigenvalue weighted by Crippen LogP contribution is 2.38. The molecule has 144 valence electrons. The van der Waals surface area contributed by atoms with Crippen LogP contribution in [0.1, 0.15) is 5.56 Å². The van der Waals surface area contributed by atoms with Gasteiger partial charge in [-0.15, -0.1) is 0 Å². The van der Waals surface area contributed by atoms with E-state index in [1.165, 1.54) is 24.3 Å². The van der Waals surface area contributed by atoms with Gasteiger partial charge < -0.3 is 14.8 Å². The van der Waals surface area contributed by atoms with Gasteiger partial charge in [0, 0.05) is 11.6 Å². The Morgan fingerprint density at radius 3 is 2.52 bits per heavy atom. The van der Waals surface area contributed by atoms with Crippen LogP contribution in [0.3, 0.4) is 0 Å². The van der Waals surface area contributed by atoms with Crippen molar-refractivity contribution in [3.05, 3.63) is 52.0 Å². The number of fused-ring (bicyclic) bond motifs is 1. The molecule has 1 aliphatic rings. The van der Waals surface area contributed by atoms with Crippen LogP contribution in [0.4, 0.5) is 0 Å². The van der Waals surface area contributed by atoms with Crippen LogP contribution in [-0.4, -0.2) is 39.8 Å². The summed E-state index contributed by atoms with van der Waals surface area (Å²) in [6.07, 6.45) is 0.475. The summed E-state index contributed by atoms with van der Waals surface area (Å²) in [7, 11) is -3.72. The van der Waals surface area contributed by atoms with Gasteiger partial charge in [-0.3, -0.25) is 4.79 Å². The summed E-state index contributed by atoms with van der Waals surface area (Å²) in [6, 6.07) is 9.24. The van der Waals surface area contributed by atoms with Crippen LogP contribution in [0.5, 0.6) is 11.5 Å². The Hall–Kier alpha value is -1.96. The van der Waals surface area contributed by atoms with Crippen molar-refractivity contribution in [2.45, 2.75) is 11.3 Å². The molecule has 3 rings (SSSR count). The van der Waals surface area contributed by atoms with Crippen molar-refractivity contribution in [1.82, 2.24) is 5.32 Å². The number of hydrogen-bond donors (Lipinski definition) is 1. The molecule has 0 aromatic heterocycles. The Labute approximate surface area is 167 Å². The van der Waals surface area contributed by atoms with Crippen LogP contribution in [0.15, 0.2) is 41.3 Å². The number of benzene rings is 2. The zero-order chi connectivity index (χ0) is 19.4. The van der Waals surface area contributed by atoms with Crippen molar-refractivity contribution in [2.75, 3.05) is 25.5 Å². The van der Waals surface area contributed by atoms with E-state index in [-0.39, 0.29) is 11.4 Å². The Kier molecular flexibility index (Phi) is 6.14. The van der Waals surface area contributed by atoms with Gasteiger partial charge in [-0.1, -0.05) is 23.2 Å². The van der Waals surface area contributed by atoms with E-state index in [2.05, 4.69) is 5.32 Å². The summed E-state index contributed by atoms with van der Waals surface area (Å²) in [5, 5.41) is 3.48. The SMILES string of the molecule is O=C(CS(=O)(=O)c1ccc(Cl)cc1)NCCc1cc(Cl)c2c(c1)OCCO2. The number of sulfone groups is 1. The molecule has 1 heterocycles. The van der Waals surface area contributed by atoms with E-state index in [0.717, 1.165) is 5.56 Å². The molecule has 27 heavy (non-hydrogen) atoms. The minimum absolute atomic E-state index is 0.0562. The second-order valence-electron chi connectivity index (χ2n) is 5.91. The quantitative estimate of drug-likeness (QED) is 0.762. The largest absolute Gasteiger partial charge is 0.486 e. The van der Waals surface area contributed by atoms with E-state index in [0.29, 0.717) is 41.2 Å². The normalized spacial score (nSPS) is 13.3. The molecule has 0 aliphatic carbocycles. The first-order valence-corrected chi connectivity index (χ1v) is 10.6. The summed E-state index contributed by atoms with van der Waals surface area (Å²) in [5.41, 5.74) is 0.852. The van der Waals surface area contributed by atoms with E-state index >= 15 is 0 Å². The van der Waals surface area contributed by atoms with Crippen molar-refractivity contribution in [1.29, 1.82) is 0 Å². The molecule has 9 heteroatoms. The van der Waals surface area contributed by atoms with Crippen molar-refractivity contribution >= 4 is 38.9 Å². The van der Waals surface area contributed by atoms with Crippen LogP contribution in [0, 0.1) is 0 Å². The highest BCUT2D eigenvalue weighted by molar-refractivity contribution is 7.92. The van der Waals surface area contributed by atoms with Crippen LogP contribution < -0.4 is 14.8 Å². The molecule has 2 aromatic rings. The molecule has 1 amide bonds. The number of hydrogen-bond acceptors (Lipinski definition) is 5. The van der Waals surface area contributed by atoms with Gasteiger partial charge in [-0.2, -0.15) is 0 Å². The zero-order valence-corrected chi connectivity index (χ0v) is 16.5. The van der Waals surface area contributed by atoms with Gasteiger partial charge in [0.2, 0.25) is 5.91 Å². The Morgan fingerprint density at radius 2 is 1.78 bits per heavy atom. The molecule has 0 bridgehead atoms. The van der Waals surface area contributed by atoms with Crippen LogP contribution >= 0.6 is 23.2 Å². The number of amides is 1. The molecular weight excluding hydrogens is 413 g/mol. The van der Waals surface area contributed by atoms with E-state index in [9.17, 15) is 13.2 Å². The molecule has 0 saturated heterocycles. The average molecular weight is 430 g/mol. The first-order chi connectivity index (χ1) is 12.8. The van der Waals surface area contributed by atoms with Gasteiger partial charge in [0.25, 0.3) is 0 Å². The third-order valence-corrected chi connectivity index (χ3v) is 6.05. The highest BCUT2D eigenvalue weighted by atomic mass is 35.5. The van der Waals surface area contributed by atoms with Gasteiger partial charge in [0.15, 0.2) is 21.3 Å². The maximum Gasteiger partial charge on any atom is 0.235 e. The molecule has 0 atom stereocenters. The van der Waals surface area contributed by atoms with Gasteiger partial charge >= 0.3 is 0 Å². The number of rotatable bonds is 6. The minimum atomic E-state index is -3.72. The number of nitrogens with one attached hydrogen (secondary N) is 1. The monoisotopic (exact) mass is 429 g/mol. The lowest BCUT2D eigenvalue weighted by Gasteiger charge is -2.20. The molecular formula is C18H17Cl2NO5S. The van der Waals surface area contributed by atoms with Crippen LogP contribution in [0.2, 0.25) is 10.0 Å². The third kappa shape index (κ3) is 5.06. The molecule has 0 fully saturated rings. The molecule has 0 spiro atoms. The molecule has 1 N–H and O–H groups in total. The lowest BCUT2D eigenvalue weighted by molar-refractivity contribution is -0.118. The number of carbonyl (C=O) groups is 1. The topological polar surface area (TPSA) is 81.7 Å². The molecule has 0 radical (unpaired) electrons.